The minimum atomic E-state index is -0.900. The predicted octanol–water partition coefficient (Wildman–Crippen LogP) is 2.24. The third kappa shape index (κ3) is 5.17. The van der Waals surface area contributed by atoms with Crippen LogP contribution in [0.4, 0.5) is 0 Å². The van der Waals surface area contributed by atoms with E-state index in [1.807, 2.05) is 18.2 Å². The van der Waals surface area contributed by atoms with Gasteiger partial charge in [0.05, 0.1) is 0 Å². The van der Waals surface area contributed by atoms with Crippen LogP contribution in [0, 0.1) is 0 Å². The minimum Gasteiger partial charge on any atom is -0.350 e. The first-order valence-electron chi connectivity index (χ1n) is 12.4. The number of carbonyl (C=O) groups is 5. The number of hydrogen-bond donors (Lipinski definition) is 3. The molecule has 0 spiro atoms. The fraction of sp³-hybridized carbons (Fsp3) is 0.207. The molecule has 0 aromatic heterocycles. The average molecular weight is 511 g/mol. The SMILES string of the molecule is O=C1CCC(N2Cc3cc(CNC(=O)C(NC(=O)c4ccccc4)c4ccccc4)ccc3C2=O)C(=O)N1. The van der Waals surface area contributed by atoms with Crippen molar-refractivity contribution in [2.45, 2.75) is 38.0 Å². The van der Waals surface area contributed by atoms with Crippen LogP contribution < -0.4 is 16.0 Å². The Morgan fingerprint density at radius 1 is 0.947 bits per heavy atom. The van der Waals surface area contributed by atoms with Crippen LogP contribution in [-0.2, 0) is 27.5 Å². The highest BCUT2D eigenvalue weighted by molar-refractivity contribution is 6.05. The number of piperidine rings is 1. The van der Waals surface area contributed by atoms with E-state index in [4.69, 9.17) is 0 Å². The molecular weight excluding hydrogens is 484 g/mol. The van der Waals surface area contributed by atoms with Crippen LogP contribution in [0.1, 0.15) is 56.3 Å². The Balaban J connectivity index is 1.27. The fourth-order valence-electron chi connectivity index (χ4n) is 4.78. The van der Waals surface area contributed by atoms with Gasteiger partial charge in [-0.3, -0.25) is 29.3 Å². The van der Waals surface area contributed by atoms with Gasteiger partial charge in [0.25, 0.3) is 11.8 Å². The van der Waals surface area contributed by atoms with Gasteiger partial charge in [0.1, 0.15) is 12.1 Å². The lowest BCUT2D eigenvalue weighted by Gasteiger charge is -2.29. The van der Waals surface area contributed by atoms with Crippen molar-refractivity contribution in [1.29, 1.82) is 0 Å². The van der Waals surface area contributed by atoms with E-state index in [0.717, 1.165) is 11.1 Å². The Bertz CT molecular complexity index is 1410. The summed E-state index contributed by atoms with van der Waals surface area (Å²) in [5, 5.41) is 8.00. The summed E-state index contributed by atoms with van der Waals surface area (Å²) in [5.74, 6) is -1.78. The number of nitrogens with one attached hydrogen (secondary N) is 3. The number of nitrogens with zero attached hydrogens (tertiary/aromatic N) is 1. The molecule has 3 N–H and O–H groups in total. The van der Waals surface area contributed by atoms with Gasteiger partial charge in [0.15, 0.2) is 0 Å². The van der Waals surface area contributed by atoms with Gasteiger partial charge in [0, 0.05) is 30.6 Å². The second kappa shape index (κ2) is 10.7. The highest BCUT2D eigenvalue weighted by atomic mass is 16.2. The molecule has 9 nitrogen and oxygen atoms in total. The summed E-state index contributed by atoms with van der Waals surface area (Å²) in [5.41, 5.74) is 3.13. The molecule has 1 fully saturated rings. The van der Waals surface area contributed by atoms with Crippen LogP contribution in [-0.4, -0.2) is 40.5 Å². The first-order valence-corrected chi connectivity index (χ1v) is 12.4. The second-order valence-corrected chi connectivity index (χ2v) is 9.29. The maximum absolute atomic E-state index is 13.2. The Morgan fingerprint density at radius 3 is 2.37 bits per heavy atom. The Hall–Kier alpha value is -4.79. The molecule has 0 aliphatic carbocycles. The van der Waals surface area contributed by atoms with Crippen molar-refractivity contribution in [2.75, 3.05) is 0 Å². The van der Waals surface area contributed by atoms with Gasteiger partial charge in [-0.15, -0.1) is 0 Å². The second-order valence-electron chi connectivity index (χ2n) is 9.29. The Kier molecular flexibility index (Phi) is 6.99. The third-order valence-corrected chi connectivity index (χ3v) is 6.76. The first kappa shape index (κ1) is 24.9. The van der Waals surface area contributed by atoms with Crippen molar-refractivity contribution in [3.63, 3.8) is 0 Å². The van der Waals surface area contributed by atoms with Crippen LogP contribution in [0.15, 0.2) is 78.9 Å². The summed E-state index contributed by atoms with van der Waals surface area (Å²) in [4.78, 5) is 64.2. The summed E-state index contributed by atoms with van der Waals surface area (Å²) in [7, 11) is 0. The van der Waals surface area contributed by atoms with Crippen molar-refractivity contribution in [1.82, 2.24) is 20.9 Å². The standard InChI is InChI=1S/C29H26N4O5/c34-24-14-13-23(27(36)31-24)33-17-21-15-18(11-12-22(21)29(33)38)16-30-28(37)25(19-7-3-1-4-8-19)32-26(35)20-9-5-2-6-10-20/h1-12,15,23,25H,13-14,16-17H2,(H,30,37)(H,32,35)(H,31,34,36). The molecule has 0 bridgehead atoms. The van der Waals surface area contributed by atoms with Crippen LogP contribution in [0.5, 0.6) is 0 Å². The van der Waals surface area contributed by atoms with E-state index in [1.165, 1.54) is 4.90 Å². The zero-order valence-electron chi connectivity index (χ0n) is 20.5. The van der Waals surface area contributed by atoms with Gasteiger partial charge in [-0.25, -0.2) is 0 Å². The van der Waals surface area contributed by atoms with E-state index in [1.54, 1.807) is 60.7 Å². The summed E-state index contributed by atoms with van der Waals surface area (Å²) in [6.45, 7) is 0.436. The number of benzene rings is 3. The van der Waals surface area contributed by atoms with Gasteiger partial charge < -0.3 is 15.5 Å². The van der Waals surface area contributed by atoms with Gasteiger partial charge in [-0.2, -0.15) is 0 Å². The molecule has 5 rings (SSSR count). The average Bonchev–Trinajstić information content (AvgIpc) is 3.26. The summed E-state index contributed by atoms with van der Waals surface area (Å²) < 4.78 is 0. The van der Waals surface area contributed by atoms with Crippen molar-refractivity contribution < 1.29 is 24.0 Å². The highest BCUT2D eigenvalue weighted by Gasteiger charge is 2.39. The number of hydrogen-bond acceptors (Lipinski definition) is 5. The minimum absolute atomic E-state index is 0.184. The van der Waals surface area contributed by atoms with E-state index in [-0.39, 0.29) is 43.1 Å². The zero-order chi connectivity index (χ0) is 26.6. The van der Waals surface area contributed by atoms with Crippen molar-refractivity contribution >= 4 is 29.5 Å². The molecule has 1 saturated heterocycles. The number of carbonyl (C=O) groups excluding carboxylic acids is 5. The quantitative estimate of drug-likeness (QED) is 0.421. The summed E-state index contributed by atoms with van der Waals surface area (Å²) >= 11 is 0. The van der Waals surface area contributed by atoms with E-state index in [2.05, 4.69) is 16.0 Å². The van der Waals surface area contributed by atoms with Crippen molar-refractivity contribution in [3.05, 3.63) is 107 Å². The fourth-order valence-corrected chi connectivity index (χ4v) is 4.78. The van der Waals surface area contributed by atoms with E-state index in [9.17, 15) is 24.0 Å². The van der Waals surface area contributed by atoms with Crippen molar-refractivity contribution in [2.24, 2.45) is 0 Å². The molecular formula is C29H26N4O5. The van der Waals surface area contributed by atoms with Crippen molar-refractivity contribution in [3.8, 4) is 0 Å². The van der Waals surface area contributed by atoms with Crippen LogP contribution in [0.2, 0.25) is 0 Å². The summed E-state index contributed by atoms with van der Waals surface area (Å²) in [6, 6.07) is 21.4. The molecule has 3 aromatic rings. The van der Waals surface area contributed by atoms with Crippen LogP contribution in [0.25, 0.3) is 0 Å². The Morgan fingerprint density at radius 2 is 1.66 bits per heavy atom. The van der Waals surface area contributed by atoms with Gasteiger partial charge in [-0.1, -0.05) is 60.7 Å². The molecule has 5 amide bonds. The van der Waals surface area contributed by atoms with Gasteiger partial charge in [0.2, 0.25) is 17.7 Å². The lowest BCUT2D eigenvalue weighted by Crippen LogP contribution is -2.52. The maximum atomic E-state index is 13.2. The first-order chi connectivity index (χ1) is 18.4. The predicted molar refractivity (Wildman–Crippen MR) is 137 cm³/mol. The van der Waals surface area contributed by atoms with Crippen LogP contribution >= 0.6 is 0 Å². The molecule has 2 atom stereocenters. The van der Waals surface area contributed by atoms with E-state index in [0.29, 0.717) is 23.1 Å². The monoisotopic (exact) mass is 510 g/mol. The smallest absolute Gasteiger partial charge is 0.255 e. The largest absolute Gasteiger partial charge is 0.350 e. The molecule has 0 saturated carbocycles. The van der Waals surface area contributed by atoms with Gasteiger partial charge >= 0.3 is 0 Å². The third-order valence-electron chi connectivity index (χ3n) is 6.76. The molecule has 0 radical (unpaired) electrons. The van der Waals surface area contributed by atoms with E-state index < -0.39 is 18.0 Å². The maximum Gasteiger partial charge on any atom is 0.255 e. The normalized spacial score (nSPS) is 17.4. The number of amides is 5. The lowest BCUT2D eigenvalue weighted by atomic mass is 10.0. The molecule has 2 aliphatic rings. The molecule has 3 aromatic carbocycles. The molecule has 9 heteroatoms. The van der Waals surface area contributed by atoms with E-state index >= 15 is 0 Å². The molecule has 192 valence electrons. The van der Waals surface area contributed by atoms with Gasteiger partial charge in [-0.05, 0) is 41.3 Å². The summed E-state index contributed by atoms with van der Waals surface area (Å²) in [6.07, 6.45) is 0.486. The molecule has 38 heavy (non-hydrogen) atoms. The number of rotatable bonds is 7. The zero-order valence-corrected chi connectivity index (χ0v) is 20.5. The Labute approximate surface area is 219 Å². The number of fused-ring (bicyclic) bond motifs is 1. The lowest BCUT2D eigenvalue weighted by molar-refractivity contribution is -0.137. The topological polar surface area (TPSA) is 125 Å². The highest BCUT2D eigenvalue weighted by Crippen LogP contribution is 2.28. The molecule has 2 aliphatic heterocycles. The molecule has 2 unspecified atom stereocenters. The number of imide groups is 1. The van der Waals surface area contributed by atoms with Crippen LogP contribution in [0.3, 0.4) is 0 Å². The molecule has 2 heterocycles.